The van der Waals surface area contributed by atoms with Crippen molar-refractivity contribution in [3.8, 4) is 0 Å². The summed E-state index contributed by atoms with van der Waals surface area (Å²) in [6.07, 6.45) is 1.00. The van der Waals surface area contributed by atoms with Crippen LogP contribution in [0.3, 0.4) is 0 Å². The van der Waals surface area contributed by atoms with Crippen molar-refractivity contribution >= 4 is 17.2 Å². The maximum Gasteiger partial charge on any atom is 0.273 e. The fourth-order valence-electron chi connectivity index (χ4n) is 2.96. The molecule has 1 atom stereocenters. The van der Waals surface area contributed by atoms with E-state index in [4.69, 9.17) is 5.73 Å². The van der Waals surface area contributed by atoms with E-state index in [1.165, 1.54) is 16.9 Å². The van der Waals surface area contributed by atoms with Crippen LogP contribution in [-0.4, -0.2) is 46.9 Å². The molecule has 1 saturated heterocycles. The normalized spacial score (nSPS) is 18.3. The van der Waals surface area contributed by atoms with Gasteiger partial charge in [0.1, 0.15) is 10.7 Å². The molecule has 0 saturated carbocycles. The second kappa shape index (κ2) is 7.21. The van der Waals surface area contributed by atoms with E-state index in [0.29, 0.717) is 12.2 Å². The zero-order valence-corrected chi connectivity index (χ0v) is 14.1. The number of nitrogens with two attached hydrogens (primary N) is 1. The van der Waals surface area contributed by atoms with E-state index in [2.05, 4.69) is 34.1 Å². The molecule has 1 aliphatic heterocycles. The first-order chi connectivity index (χ1) is 11.2. The monoisotopic (exact) mass is 330 g/mol. The molecule has 1 amide bonds. The third-order valence-electron chi connectivity index (χ3n) is 4.31. The molecule has 122 valence electrons. The number of carbonyl (C=O) groups excluding carboxylic acids is 1. The topological polar surface area (TPSA) is 62.5 Å². The molecule has 1 fully saturated rings. The van der Waals surface area contributed by atoms with Crippen LogP contribution in [0.25, 0.3) is 0 Å². The van der Waals surface area contributed by atoms with Gasteiger partial charge in [0.15, 0.2) is 0 Å². The zero-order chi connectivity index (χ0) is 16.2. The van der Waals surface area contributed by atoms with Gasteiger partial charge in [-0.25, -0.2) is 4.98 Å². The standard InChI is InChI=1S/C17H22N4OS/c1-20(17(22)15-12-23-16(9-18)19-15)14-7-8-21(11-14)10-13-5-3-2-4-6-13/h2-6,12,14H,7-11,18H2,1H3. The Bertz CT molecular complexity index is 658. The van der Waals surface area contributed by atoms with Crippen molar-refractivity contribution in [3.05, 3.63) is 52.0 Å². The van der Waals surface area contributed by atoms with Crippen molar-refractivity contribution in [2.75, 3.05) is 20.1 Å². The van der Waals surface area contributed by atoms with Crippen molar-refractivity contribution in [1.82, 2.24) is 14.8 Å². The predicted octanol–water partition coefficient (Wildman–Crippen LogP) is 1.95. The van der Waals surface area contributed by atoms with E-state index in [-0.39, 0.29) is 11.9 Å². The van der Waals surface area contributed by atoms with Gasteiger partial charge in [-0.1, -0.05) is 30.3 Å². The molecule has 3 rings (SSSR count). The molecule has 1 aromatic carbocycles. The summed E-state index contributed by atoms with van der Waals surface area (Å²) in [5.74, 6) is -0.00693. The quantitative estimate of drug-likeness (QED) is 0.910. The number of aromatic nitrogens is 1. The van der Waals surface area contributed by atoms with Crippen LogP contribution in [0, 0.1) is 0 Å². The minimum atomic E-state index is -0.00693. The molecule has 0 radical (unpaired) electrons. The van der Waals surface area contributed by atoms with Gasteiger partial charge in [0.05, 0.1) is 0 Å². The molecule has 23 heavy (non-hydrogen) atoms. The van der Waals surface area contributed by atoms with Gasteiger partial charge >= 0.3 is 0 Å². The first-order valence-corrected chi connectivity index (χ1v) is 8.73. The zero-order valence-electron chi connectivity index (χ0n) is 13.3. The summed E-state index contributed by atoms with van der Waals surface area (Å²) < 4.78 is 0. The van der Waals surface area contributed by atoms with E-state index in [9.17, 15) is 4.79 Å². The largest absolute Gasteiger partial charge is 0.336 e. The highest BCUT2D eigenvalue weighted by molar-refractivity contribution is 7.09. The molecular formula is C17H22N4OS. The highest BCUT2D eigenvalue weighted by Gasteiger charge is 2.29. The van der Waals surface area contributed by atoms with Crippen LogP contribution in [0.1, 0.15) is 27.5 Å². The highest BCUT2D eigenvalue weighted by Crippen LogP contribution is 2.19. The molecule has 5 nitrogen and oxygen atoms in total. The molecule has 2 N–H and O–H groups in total. The summed E-state index contributed by atoms with van der Waals surface area (Å²) in [6, 6.07) is 10.7. The number of thiazole rings is 1. The minimum absolute atomic E-state index is 0.00693. The van der Waals surface area contributed by atoms with Crippen LogP contribution in [0.15, 0.2) is 35.7 Å². The number of nitrogens with zero attached hydrogens (tertiary/aromatic N) is 3. The van der Waals surface area contributed by atoms with Crippen LogP contribution < -0.4 is 5.73 Å². The smallest absolute Gasteiger partial charge is 0.273 e. The van der Waals surface area contributed by atoms with Crippen molar-refractivity contribution in [3.63, 3.8) is 0 Å². The van der Waals surface area contributed by atoms with Gasteiger partial charge in [-0.2, -0.15) is 0 Å². The number of benzene rings is 1. The molecule has 0 spiro atoms. The SMILES string of the molecule is CN(C(=O)c1csc(CN)n1)C1CCN(Cc2ccccc2)C1. The molecular weight excluding hydrogens is 308 g/mol. The number of hydrogen-bond acceptors (Lipinski definition) is 5. The van der Waals surface area contributed by atoms with Gasteiger partial charge < -0.3 is 10.6 Å². The van der Waals surface area contributed by atoms with E-state index in [0.717, 1.165) is 31.1 Å². The lowest BCUT2D eigenvalue weighted by atomic mass is 10.2. The summed E-state index contributed by atoms with van der Waals surface area (Å²) in [5, 5.41) is 2.61. The fourth-order valence-corrected chi connectivity index (χ4v) is 3.61. The maximum absolute atomic E-state index is 12.5. The van der Waals surface area contributed by atoms with Crippen LogP contribution in [-0.2, 0) is 13.1 Å². The van der Waals surface area contributed by atoms with Gasteiger partial charge in [0.25, 0.3) is 5.91 Å². The third-order valence-corrected chi connectivity index (χ3v) is 5.18. The first kappa shape index (κ1) is 16.1. The average Bonchev–Trinajstić information content (AvgIpc) is 3.23. The van der Waals surface area contributed by atoms with Crippen molar-refractivity contribution < 1.29 is 4.79 Å². The van der Waals surface area contributed by atoms with Crippen LogP contribution in [0.2, 0.25) is 0 Å². The summed E-state index contributed by atoms with van der Waals surface area (Å²) >= 11 is 1.45. The Kier molecular flexibility index (Phi) is 5.05. The van der Waals surface area contributed by atoms with E-state index < -0.39 is 0 Å². The summed E-state index contributed by atoms with van der Waals surface area (Å²) in [5.41, 5.74) is 7.40. The Morgan fingerprint density at radius 3 is 2.91 bits per heavy atom. The Labute approximate surface area is 140 Å². The van der Waals surface area contributed by atoms with Crippen molar-refractivity contribution in [2.45, 2.75) is 25.6 Å². The summed E-state index contributed by atoms with van der Waals surface area (Å²) in [6.45, 7) is 3.25. The Hall–Kier alpha value is -1.76. The van der Waals surface area contributed by atoms with Crippen LogP contribution >= 0.6 is 11.3 Å². The molecule has 6 heteroatoms. The summed E-state index contributed by atoms with van der Waals surface area (Å²) in [4.78, 5) is 21.1. The molecule has 1 aromatic heterocycles. The second-order valence-corrected chi connectivity index (χ2v) is 6.85. The van der Waals surface area contributed by atoms with Gasteiger partial charge in [0.2, 0.25) is 0 Å². The number of likely N-dealkylation sites (N-methyl/N-ethyl adjacent to an activating group) is 1. The lowest BCUT2D eigenvalue weighted by Gasteiger charge is -2.24. The van der Waals surface area contributed by atoms with E-state index >= 15 is 0 Å². The molecule has 1 aliphatic rings. The average molecular weight is 330 g/mol. The second-order valence-electron chi connectivity index (χ2n) is 5.91. The summed E-state index contributed by atoms with van der Waals surface area (Å²) in [7, 11) is 1.88. The molecule has 2 aromatic rings. The Morgan fingerprint density at radius 2 is 2.22 bits per heavy atom. The molecule has 1 unspecified atom stereocenters. The molecule has 0 bridgehead atoms. The van der Waals surface area contributed by atoms with Crippen LogP contribution in [0.4, 0.5) is 0 Å². The highest BCUT2D eigenvalue weighted by atomic mass is 32.1. The lowest BCUT2D eigenvalue weighted by molar-refractivity contribution is 0.0729. The predicted molar refractivity (Wildman–Crippen MR) is 92.2 cm³/mol. The maximum atomic E-state index is 12.5. The van der Waals surface area contributed by atoms with E-state index in [1.807, 2.05) is 18.0 Å². The minimum Gasteiger partial charge on any atom is -0.336 e. The molecule has 0 aliphatic carbocycles. The lowest BCUT2D eigenvalue weighted by Crippen LogP contribution is -2.39. The van der Waals surface area contributed by atoms with Crippen molar-refractivity contribution in [1.29, 1.82) is 0 Å². The number of likely N-dealkylation sites (tertiary alicyclic amines) is 1. The van der Waals surface area contributed by atoms with Crippen LogP contribution in [0.5, 0.6) is 0 Å². The van der Waals surface area contributed by atoms with Gasteiger partial charge in [0, 0.05) is 44.6 Å². The fraction of sp³-hybridized carbons (Fsp3) is 0.412. The first-order valence-electron chi connectivity index (χ1n) is 7.85. The van der Waals surface area contributed by atoms with Gasteiger partial charge in [-0.05, 0) is 12.0 Å². The van der Waals surface area contributed by atoms with Gasteiger partial charge in [-0.15, -0.1) is 11.3 Å². The number of rotatable bonds is 5. The third kappa shape index (κ3) is 3.77. The number of carbonyl (C=O) groups is 1. The van der Waals surface area contributed by atoms with Gasteiger partial charge in [-0.3, -0.25) is 9.69 Å². The Morgan fingerprint density at radius 1 is 1.43 bits per heavy atom. The molecule has 2 heterocycles. The Balaban J connectivity index is 1.58. The van der Waals surface area contributed by atoms with E-state index in [1.54, 1.807) is 5.38 Å². The number of amides is 1. The number of hydrogen-bond donors (Lipinski definition) is 1. The van der Waals surface area contributed by atoms with Crippen molar-refractivity contribution in [2.24, 2.45) is 5.73 Å².